The number of imide groups is 1. The molecule has 2 atom stereocenters. The van der Waals surface area contributed by atoms with Crippen molar-refractivity contribution in [2.24, 2.45) is 11.7 Å². The molecule has 5 aromatic rings. The number of nitrogens with zero attached hydrogens (tertiary/aromatic N) is 5. The van der Waals surface area contributed by atoms with Crippen LogP contribution >= 0.6 is 11.6 Å². The topological polar surface area (TPSA) is 269 Å². The van der Waals surface area contributed by atoms with Gasteiger partial charge in [-0.2, -0.15) is 5.10 Å². The molecule has 0 radical (unpaired) electrons. The smallest absolute Gasteiger partial charge is 0.319 e. The minimum absolute atomic E-state index is 0.0121. The molecule has 4 aliphatic rings. The number of carbonyl (C=O) groups is 6. The van der Waals surface area contributed by atoms with Crippen LogP contribution in [-0.4, -0.2) is 185 Å². The van der Waals surface area contributed by atoms with E-state index in [1.807, 2.05) is 95.5 Å². The summed E-state index contributed by atoms with van der Waals surface area (Å²) in [6, 6.07) is 27.1. The maximum atomic E-state index is 13.2. The van der Waals surface area contributed by atoms with Gasteiger partial charge in [-0.1, -0.05) is 73.7 Å². The zero-order valence-corrected chi connectivity index (χ0v) is 54.7. The first kappa shape index (κ1) is 70.6. The van der Waals surface area contributed by atoms with Crippen LogP contribution in [0.4, 0.5) is 16.3 Å². The van der Waals surface area contributed by atoms with Gasteiger partial charge in [0.2, 0.25) is 17.7 Å². The van der Waals surface area contributed by atoms with Crippen molar-refractivity contribution >= 4 is 58.7 Å². The highest BCUT2D eigenvalue weighted by molar-refractivity contribution is 6.31. The summed E-state index contributed by atoms with van der Waals surface area (Å²) in [6.45, 7) is 10.0. The van der Waals surface area contributed by atoms with E-state index in [2.05, 4.69) is 26.2 Å². The Labute approximate surface area is 555 Å². The summed E-state index contributed by atoms with van der Waals surface area (Å²) in [5.41, 5.74) is 11.5. The normalized spacial score (nSPS) is 16.5. The molecule has 2 fully saturated rings. The number of piperidine rings is 2. The first-order valence-corrected chi connectivity index (χ1v) is 33.5. The molecule has 2 saturated heterocycles. The largest absolute Gasteiger partial charge is 0.457 e. The van der Waals surface area contributed by atoms with Crippen LogP contribution in [0.2, 0.25) is 5.02 Å². The molecule has 0 saturated carbocycles. The number of nitrogens with one attached hydrogen (secondary N) is 4. The molecular formula is C70H91ClN10O13. The molecule has 0 aliphatic carbocycles. The fourth-order valence-electron chi connectivity index (χ4n) is 12.1. The average Bonchev–Trinajstić information content (AvgIpc) is 1.60. The van der Waals surface area contributed by atoms with Crippen molar-refractivity contribution in [2.45, 2.75) is 102 Å². The predicted octanol–water partition coefficient (Wildman–Crippen LogP) is 8.94. The Morgan fingerprint density at radius 3 is 2.05 bits per heavy atom. The summed E-state index contributed by atoms with van der Waals surface area (Å²) in [4.78, 5) is 81.5. The maximum Gasteiger partial charge on any atom is 0.319 e. The number of hydrogen-bond donors (Lipinski definition) is 5. The number of benzene rings is 4. The number of carbonyl (C=O) groups excluding carboxylic acids is 6. The highest BCUT2D eigenvalue weighted by Gasteiger charge is 2.40. The molecule has 4 aliphatic heterocycles. The van der Waals surface area contributed by atoms with E-state index < -0.39 is 17.9 Å². The van der Waals surface area contributed by atoms with E-state index >= 15 is 0 Å². The molecule has 1 unspecified atom stereocenters. The second-order valence-corrected chi connectivity index (χ2v) is 24.5. The molecule has 9 rings (SSSR count). The number of nitrogens with two attached hydrogens (primary N) is 1. The van der Waals surface area contributed by atoms with Crippen molar-refractivity contribution < 1.29 is 61.9 Å². The van der Waals surface area contributed by atoms with Gasteiger partial charge in [-0.05, 0) is 135 Å². The molecular weight excluding hydrogens is 1220 g/mol. The van der Waals surface area contributed by atoms with Crippen LogP contribution in [0.25, 0.3) is 11.3 Å². The van der Waals surface area contributed by atoms with Gasteiger partial charge >= 0.3 is 6.03 Å². The van der Waals surface area contributed by atoms with Crippen LogP contribution in [0.15, 0.2) is 103 Å². The number of hydrogen-bond acceptors (Lipinski definition) is 16. The minimum Gasteiger partial charge on any atom is -0.457 e. The highest BCUT2D eigenvalue weighted by Crippen LogP contribution is 2.40. The number of primary amides is 1. The van der Waals surface area contributed by atoms with Crippen molar-refractivity contribution in [3.63, 3.8) is 0 Å². The Bertz CT molecular complexity index is 3310. The molecule has 506 valence electrons. The van der Waals surface area contributed by atoms with Crippen LogP contribution in [0.5, 0.6) is 11.5 Å². The lowest BCUT2D eigenvalue weighted by atomic mass is 9.87. The SMILES string of the molecule is CN(C/C=C/C(=O)N1CCC([C@@H]2CCNc3c(C(N)=O)c(-c4ccc(Oc5ccccc5)cc4)nn32)CC1)CCOCCOCCOCCOCCOCCOCCCCCCCCc1cc(Cl)cc(NC(=O)NCc2ccc3c(c2)CN(C2CCC(=O)NC2=O)C3=O)c1. The third-order valence-corrected chi connectivity index (χ3v) is 17.3. The number of fused-ring (bicyclic) bond motifs is 2. The molecule has 0 bridgehead atoms. The number of aryl methyl sites for hydroxylation is 1. The van der Waals surface area contributed by atoms with E-state index in [1.165, 1.54) is 4.90 Å². The van der Waals surface area contributed by atoms with Gasteiger partial charge < -0.3 is 69.5 Å². The summed E-state index contributed by atoms with van der Waals surface area (Å²) < 4.78 is 41.9. The number of rotatable bonds is 39. The number of likely N-dealkylation sites (N-methyl/N-ethyl adjacent to an activating group) is 1. The molecule has 7 amide bonds. The van der Waals surface area contributed by atoms with E-state index in [-0.39, 0.29) is 49.3 Å². The third kappa shape index (κ3) is 21.6. The van der Waals surface area contributed by atoms with Crippen molar-refractivity contribution in [3.8, 4) is 22.8 Å². The summed E-state index contributed by atoms with van der Waals surface area (Å²) in [7, 11) is 2.00. The lowest BCUT2D eigenvalue weighted by Crippen LogP contribution is -2.52. The monoisotopic (exact) mass is 1310 g/mol. The van der Waals surface area contributed by atoms with Gasteiger partial charge in [-0.25, -0.2) is 9.48 Å². The molecule has 0 spiro atoms. The van der Waals surface area contributed by atoms with E-state index in [1.54, 1.807) is 24.3 Å². The fourth-order valence-corrected chi connectivity index (χ4v) is 12.4. The third-order valence-electron chi connectivity index (χ3n) is 17.1. The number of unbranched alkanes of at least 4 members (excludes halogenated alkanes) is 5. The molecule has 94 heavy (non-hydrogen) atoms. The quantitative estimate of drug-likeness (QED) is 0.0140. The Balaban J connectivity index is 0.506. The van der Waals surface area contributed by atoms with E-state index in [0.717, 1.165) is 92.2 Å². The Kier molecular flexibility index (Phi) is 28.1. The Morgan fingerprint density at radius 1 is 0.723 bits per heavy atom. The molecule has 4 aromatic carbocycles. The van der Waals surface area contributed by atoms with E-state index in [0.29, 0.717) is 163 Å². The Hall–Kier alpha value is -7.74. The predicted molar refractivity (Wildman–Crippen MR) is 357 cm³/mol. The number of likely N-dealkylation sites (tertiary alicyclic amines) is 1. The average molecular weight is 1320 g/mol. The molecule has 23 nitrogen and oxygen atoms in total. The number of amides is 7. The molecule has 5 heterocycles. The molecule has 1 aromatic heterocycles. The number of halogens is 1. The second kappa shape index (κ2) is 37.4. The first-order chi connectivity index (χ1) is 45.9. The zero-order chi connectivity index (χ0) is 65.9. The van der Waals surface area contributed by atoms with Gasteiger partial charge in [0.05, 0.1) is 78.7 Å². The van der Waals surface area contributed by atoms with Crippen LogP contribution in [0.1, 0.15) is 114 Å². The van der Waals surface area contributed by atoms with E-state index in [4.69, 9.17) is 55.6 Å². The van der Waals surface area contributed by atoms with Gasteiger partial charge in [-0.3, -0.25) is 29.3 Å². The first-order valence-electron chi connectivity index (χ1n) is 33.1. The Morgan fingerprint density at radius 2 is 1.37 bits per heavy atom. The lowest BCUT2D eigenvalue weighted by Gasteiger charge is -2.38. The number of ether oxygens (including phenoxy) is 7. The van der Waals surface area contributed by atoms with Gasteiger partial charge in [0.1, 0.15) is 34.6 Å². The summed E-state index contributed by atoms with van der Waals surface area (Å²) >= 11 is 6.43. The summed E-state index contributed by atoms with van der Waals surface area (Å²) in [6.07, 6.45) is 13.9. The summed E-state index contributed by atoms with van der Waals surface area (Å²) in [5, 5.41) is 17.0. The van der Waals surface area contributed by atoms with Gasteiger partial charge in [-0.15, -0.1) is 0 Å². The second-order valence-electron chi connectivity index (χ2n) is 24.0. The van der Waals surface area contributed by atoms with Crippen molar-refractivity contribution in [2.75, 3.05) is 130 Å². The van der Waals surface area contributed by atoms with E-state index in [9.17, 15) is 28.8 Å². The van der Waals surface area contributed by atoms with Gasteiger partial charge in [0, 0.05) is 86.8 Å². The molecule has 6 N–H and O–H groups in total. The van der Waals surface area contributed by atoms with Crippen molar-refractivity contribution in [3.05, 3.63) is 136 Å². The maximum absolute atomic E-state index is 13.2. The van der Waals surface area contributed by atoms with Crippen LogP contribution in [0, 0.1) is 5.92 Å². The standard InChI is InChI=1S/C70H91ClN10O13/c1-78(28-11-15-63(83)79-29-25-52(26-30-79)60-24-27-73-67-64(66(72)84)65(77-81(60)67)53-17-19-58(20-18-53)94-57-13-8-6-9-14-57)31-33-89-35-37-91-39-41-93-43-42-92-40-38-90-36-34-88-32-10-5-3-2-4-7-12-50-45-55(71)47-56(46-50)75-70(87)74-48-51-16-21-59-54(44-51)49-80(69(59)86)61-22-23-62(82)76-68(61)85/h6,8-9,11,13-21,44-47,52,60-61,73H,2-5,7,10,12,22-43,48-49H2,1H3,(H2,72,84)(H2,74,75,87)(H,76,82,85)/b15-11+/t60-,61?/m0/s1. The van der Waals surface area contributed by atoms with Crippen LogP contribution < -0.4 is 31.7 Å². The van der Waals surface area contributed by atoms with Gasteiger partial charge in [0.25, 0.3) is 11.8 Å². The number of para-hydroxylation sites is 1. The fraction of sp³-hybridized carbons (Fsp3) is 0.500. The highest BCUT2D eigenvalue weighted by atomic mass is 35.5. The van der Waals surface area contributed by atoms with Crippen LogP contribution in [0.3, 0.4) is 0 Å². The van der Waals surface area contributed by atoms with Gasteiger partial charge in [0.15, 0.2) is 0 Å². The van der Waals surface area contributed by atoms with Crippen molar-refractivity contribution in [1.82, 2.24) is 35.1 Å². The number of aromatic nitrogens is 2. The van der Waals surface area contributed by atoms with Crippen molar-refractivity contribution in [1.29, 1.82) is 0 Å². The van der Waals surface area contributed by atoms with Crippen LogP contribution in [-0.2, 0) is 62.3 Å². The number of urea groups is 1. The zero-order valence-electron chi connectivity index (χ0n) is 54.0. The minimum atomic E-state index is -0.680. The molecule has 24 heteroatoms. The number of anilines is 2. The summed E-state index contributed by atoms with van der Waals surface area (Å²) in [5.74, 6) is 0.827. The lowest BCUT2D eigenvalue weighted by molar-refractivity contribution is -0.137.